The molecule has 1 fully saturated rings. The fourth-order valence-corrected chi connectivity index (χ4v) is 3.40. The standard InChI is InChI=1S/C14H21NOS/c1-3-17(16)15-10-8-14(9-11-15)13-6-4-12(2)5-7-13/h4-7,14H,3,8-11H2,1-2H3. The summed E-state index contributed by atoms with van der Waals surface area (Å²) >= 11 is 0. The van der Waals surface area contributed by atoms with E-state index in [9.17, 15) is 4.21 Å². The molecule has 0 bridgehead atoms. The number of nitrogens with zero attached hydrogens (tertiary/aromatic N) is 1. The van der Waals surface area contributed by atoms with Gasteiger partial charge in [0.25, 0.3) is 0 Å². The van der Waals surface area contributed by atoms with Gasteiger partial charge in [-0.2, -0.15) is 0 Å². The molecular formula is C14H21NOS. The minimum Gasteiger partial charge on any atom is -0.243 e. The average Bonchev–Trinajstić information content (AvgIpc) is 2.39. The summed E-state index contributed by atoms with van der Waals surface area (Å²) in [5.41, 5.74) is 2.76. The fraction of sp³-hybridized carbons (Fsp3) is 0.571. The van der Waals surface area contributed by atoms with E-state index in [2.05, 4.69) is 35.5 Å². The quantitative estimate of drug-likeness (QED) is 0.809. The van der Waals surface area contributed by atoms with Crippen LogP contribution in [0.15, 0.2) is 24.3 Å². The van der Waals surface area contributed by atoms with Crippen molar-refractivity contribution in [1.82, 2.24) is 4.31 Å². The van der Waals surface area contributed by atoms with Gasteiger partial charge in [0.2, 0.25) is 0 Å². The van der Waals surface area contributed by atoms with Crippen molar-refractivity contribution in [1.29, 1.82) is 0 Å². The molecule has 0 N–H and O–H groups in total. The summed E-state index contributed by atoms with van der Waals surface area (Å²) in [5, 5.41) is 0. The van der Waals surface area contributed by atoms with Gasteiger partial charge in [-0.25, -0.2) is 8.51 Å². The molecule has 3 heteroatoms. The predicted molar refractivity (Wildman–Crippen MR) is 73.4 cm³/mol. The number of hydrogen-bond acceptors (Lipinski definition) is 1. The second kappa shape index (κ2) is 5.78. The van der Waals surface area contributed by atoms with E-state index in [1.165, 1.54) is 11.1 Å². The summed E-state index contributed by atoms with van der Waals surface area (Å²) in [6.45, 7) is 6.05. The third-order valence-electron chi connectivity index (χ3n) is 3.54. The Morgan fingerprint density at radius 1 is 1.24 bits per heavy atom. The van der Waals surface area contributed by atoms with Crippen LogP contribution in [0.3, 0.4) is 0 Å². The Morgan fingerprint density at radius 2 is 1.82 bits per heavy atom. The van der Waals surface area contributed by atoms with Crippen molar-refractivity contribution in [2.45, 2.75) is 32.6 Å². The van der Waals surface area contributed by atoms with Crippen LogP contribution in [-0.2, 0) is 11.0 Å². The van der Waals surface area contributed by atoms with Crippen molar-refractivity contribution in [3.05, 3.63) is 35.4 Å². The highest BCUT2D eigenvalue weighted by atomic mass is 32.2. The van der Waals surface area contributed by atoms with Crippen LogP contribution in [0.2, 0.25) is 0 Å². The smallest absolute Gasteiger partial charge is 0.0939 e. The zero-order valence-corrected chi connectivity index (χ0v) is 11.5. The molecule has 1 unspecified atom stereocenters. The van der Waals surface area contributed by atoms with Gasteiger partial charge in [0.05, 0.1) is 11.0 Å². The lowest BCUT2D eigenvalue weighted by Crippen LogP contribution is -2.35. The lowest BCUT2D eigenvalue weighted by molar-refractivity contribution is 0.334. The number of rotatable bonds is 3. The van der Waals surface area contributed by atoms with Gasteiger partial charge in [-0.15, -0.1) is 0 Å². The molecule has 1 saturated heterocycles. The highest BCUT2D eigenvalue weighted by Crippen LogP contribution is 2.28. The largest absolute Gasteiger partial charge is 0.243 e. The lowest BCUT2D eigenvalue weighted by atomic mass is 9.90. The lowest BCUT2D eigenvalue weighted by Gasteiger charge is -2.30. The molecule has 1 aromatic rings. The van der Waals surface area contributed by atoms with E-state index < -0.39 is 11.0 Å². The summed E-state index contributed by atoms with van der Waals surface area (Å²) in [5.74, 6) is 1.40. The molecule has 0 radical (unpaired) electrons. The summed E-state index contributed by atoms with van der Waals surface area (Å²) in [6.07, 6.45) is 2.27. The van der Waals surface area contributed by atoms with Crippen molar-refractivity contribution in [3.8, 4) is 0 Å². The summed E-state index contributed by atoms with van der Waals surface area (Å²) in [4.78, 5) is 0. The van der Waals surface area contributed by atoms with Crippen molar-refractivity contribution < 1.29 is 4.21 Å². The average molecular weight is 251 g/mol. The van der Waals surface area contributed by atoms with Crippen LogP contribution in [0.1, 0.15) is 36.8 Å². The van der Waals surface area contributed by atoms with Gasteiger partial charge in [0.15, 0.2) is 0 Å². The Labute approximate surface area is 107 Å². The van der Waals surface area contributed by atoms with Crippen molar-refractivity contribution in [3.63, 3.8) is 0 Å². The van der Waals surface area contributed by atoms with Crippen LogP contribution in [0.4, 0.5) is 0 Å². The van der Waals surface area contributed by atoms with Crippen molar-refractivity contribution >= 4 is 11.0 Å². The van der Waals surface area contributed by atoms with Crippen molar-refractivity contribution in [2.24, 2.45) is 0 Å². The van der Waals surface area contributed by atoms with Gasteiger partial charge >= 0.3 is 0 Å². The summed E-state index contributed by atoms with van der Waals surface area (Å²) in [7, 11) is -0.755. The van der Waals surface area contributed by atoms with Gasteiger partial charge < -0.3 is 0 Å². The first kappa shape index (κ1) is 12.8. The topological polar surface area (TPSA) is 20.3 Å². The molecular weight excluding hydrogens is 230 g/mol. The fourth-order valence-electron chi connectivity index (χ4n) is 2.41. The Balaban J connectivity index is 1.95. The maximum absolute atomic E-state index is 11.7. The highest BCUT2D eigenvalue weighted by molar-refractivity contribution is 7.82. The van der Waals surface area contributed by atoms with E-state index in [0.717, 1.165) is 31.7 Å². The maximum Gasteiger partial charge on any atom is 0.0939 e. The van der Waals surface area contributed by atoms with Crippen molar-refractivity contribution in [2.75, 3.05) is 18.8 Å². The monoisotopic (exact) mass is 251 g/mol. The normalized spacial score (nSPS) is 20.4. The van der Waals surface area contributed by atoms with E-state index in [0.29, 0.717) is 5.92 Å². The van der Waals surface area contributed by atoms with Gasteiger partial charge in [-0.05, 0) is 31.2 Å². The first-order valence-electron chi connectivity index (χ1n) is 6.40. The number of aryl methyl sites for hydroxylation is 1. The first-order valence-corrected chi connectivity index (χ1v) is 7.68. The molecule has 1 aliphatic heterocycles. The van der Waals surface area contributed by atoms with Gasteiger partial charge in [0.1, 0.15) is 0 Å². The van der Waals surface area contributed by atoms with Crippen LogP contribution >= 0.6 is 0 Å². The van der Waals surface area contributed by atoms with Gasteiger partial charge in [-0.1, -0.05) is 36.8 Å². The van der Waals surface area contributed by atoms with Crippen LogP contribution in [0.5, 0.6) is 0 Å². The van der Waals surface area contributed by atoms with E-state index in [4.69, 9.17) is 0 Å². The Hall–Kier alpha value is -0.670. The molecule has 1 heterocycles. The predicted octanol–water partition coefficient (Wildman–Crippen LogP) is 2.86. The molecule has 17 heavy (non-hydrogen) atoms. The third-order valence-corrected chi connectivity index (χ3v) is 4.97. The van der Waals surface area contributed by atoms with E-state index in [-0.39, 0.29) is 0 Å². The minimum atomic E-state index is -0.755. The zero-order valence-electron chi connectivity index (χ0n) is 10.7. The molecule has 0 spiro atoms. The number of benzene rings is 1. The molecule has 1 aliphatic rings. The van der Waals surface area contributed by atoms with Crippen LogP contribution < -0.4 is 0 Å². The molecule has 1 aromatic carbocycles. The minimum absolute atomic E-state index is 0.653. The molecule has 0 aliphatic carbocycles. The van der Waals surface area contributed by atoms with E-state index in [1.807, 2.05) is 6.92 Å². The molecule has 0 saturated carbocycles. The SMILES string of the molecule is CCS(=O)N1CCC(c2ccc(C)cc2)CC1. The first-order chi connectivity index (χ1) is 8.20. The maximum atomic E-state index is 11.7. The molecule has 2 rings (SSSR count). The Bertz CT molecular complexity index is 380. The summed E-state index contributed by atoms with van der Waals surface area (Å²) in [6, 6.07) is 8.86. The zero-order chi connectivity index (χ0) is 12.3. The Kier molecular flexibility index (Phi) is 4.35. The van der Waals surface area contributed by atoms with E-state index >= 15 is 0 Å². The second-order valence-electron chi connectivity index (χ2n) is 4.72. The van der Waals surface area contributed by atoms with E-state index in [1.54, 1.807) is 0 Å². The highest BCUT2D eigenvalue weighted by Gasteiger charge is 2.22. The van der Waals surface area contributed by atoms with Gasteiger partial charge in [-0.3, -0.25) is 0 Å². The molecule has 1 atom stereocenters. The number of hydrogen-bond donors (Lipinski definition) is 0. The molecule has 2 nitrogen and oxygen atoms in total. The third kappa shape index (κ3) is 3.17. The van der Waals surface area contributed by atoms with Crippen LogP contribution in [0, 0.1) is 6.92 Å². The second-order valence-corrected chi connectivity index (χ2v) is 6.46. The molecule has 0 aromatic heterocycles. The van der Waals surface area contributed by atoms with Gasteiger partial charge in [0, 0.05) is 18.8 Å². The van der Waals surface area contributed by atoms with Crippen LogP contribution in [0.25, 0.3) is 0 Å². The molecule has 0 amide bonds. The van der Waals surface area contributed by atoms with Crippen LogP contribution in [-0.4, -0.2) is 27.4 Å². The number of piperidine rings is 1. The Morgan fingerprint density at radius 3 is 2.35 bits per heavy atom. The summed E-state index contributed by atoms with van der Waals surface area (Å²) < 4.78 is 13.8. The molecule has 94 valence electrons.